The van der Waals surface area contributed by atoms with Crippen LogP contribution in [-0.4, -0.2) is 18.1 Å². The average Bonchev–Trinajstić information content (AvgIpc) is 2.47. The number of alkyl halides is 3. The van der Waals surface area contributed by atoms with Gasteiger partial charge < -0.3 is 9.88 Å². The molecule has 1 aromatic carbocycles. The highest BCUT2D eigenvalue weighted by Crippen LogP contribution is 2.39. The van der Waals surface area contributed by atoms with Gasteiger partial charge in [0.15, 0.2) is 0 Å². The number of aromatic amines is 1. The summed E-state index contributed by atoms with van der Waals surface area (Å²) in [4.78, 5) is 16.2. The molecule has 0 spiro atoms. The minimum Gasteiger partial charge on any atom is -0.371 e. The van der Waals surface area contributed by atoms with Gasteiger partial charge >= 0.3 is 6.18 Å². The number of piperidine rings is 1. The number of nitrogens with zero attached hydrogens (tertiary/aromatic N) is 1. The van der Waals surface area contributed by atoms with Gasteiger partial charge in [0, 0.05) is 18.7 Å². The molecule has 1 saturated heterocycles. The molecular formula is C17H19F3N2O. The Bertz CT molecular complexity index is 787. The van der Waals surface area contributed by atoms with E-state index in [1.165, 1.54) is 12.1 Å². The van der Waals surface area contributed by atoms with E-state index in [1.807, 2.05) is 0 Å². The summed E-state index contributed by atoms with van der Waals surface area (Å²) in [7, 11) is 0. The van der Waals surface area contributed by atoms with Gasteiger partial charge in [-0.15, -0.1) is 0 Å². The van der Waals surface area contributed by atoms with Crippen molar-refractivity contribution in [3.05, 3.63) is 39.7 Å². The van der Waals surface area contributed by atoms with Crippen LogP contribution in [0, 0.1) is 12.8 Å². The number of benzene rings is 1. The van der Waals surface area contributed by atoms with Gasteiger partial charge in [0.2, 0.25) is 0 Å². The van der Waals surface area contributed by atoms with E-state index in [2.05, 4.69) is 11.9 Å². The van der Waals surface area contributed by atoms with Gasteiger partial charge in [0.25, 0.3) is 5.56 Å². The van der Waals surface area contributed by atoms with Gasteiger partial charge in [0.05, 0.1) is 16.8 Å². The van der Waals surface area contributed by atoms with Crippen LogP contribution in [0.5, 0.6) is 0 Å². The highest BCUT2D eigenvalue weighted by Gasteiger charge is 2.36. The average molecular weight is 324 g/mol. The third kappa shape index (κ3) is 3.07. The van der Waals surface area contributed by atoms with Crippen LogP contribution in [0.2, 0.25) is 0 Å². The summed E-state index contributed by atoms with van der Waals surface area (Å²) in [5.74, 6) is 0.531. The topological polar surface area (TPSA) is 36.1 Å². The summed E-state index contributed by atoms with van der Waals surface area (Å²) in [5.41, 5.74) is 0.116. The van der Waals surface area contributed by atoms with Gasteiger partial charge in [-0.1, -0.05) is 6.92 Å². The van der Waals surface area contributed by atoms with E-state index < -0.39 is 11.7 Å². The minimum absolute atomic E-state index is 0.163. The van der Waals surface area contributed by atoms with Crippen molar-refractivity contribution in [3.8, 4) is 0 Å². The van der Waals surface area contributed by atoms with Crippen LogP contribution in [0.3, 0.4) is 0 Å². The first-order valence-corrected chi connectivity index (χ1v) is 7.75. The summed E-state index contributed by atoms with van der Waals surface area (Å²) < 4.78 is 40.5. The Morgan fingerprint density at radius 1 is 1.17 bits per heavy atom. The smallest absolute Gasteiger partial charge is 0.371 e. The Hall–Kier alpha value is -1.98. The Kier molecular flexibility index (Phi) is 3.86. The van der Waals surface area contributed by atoms with Crippen molar-refractivity contribution in [2.75, 3.05) is 18.0 Å². The number of aromatic nitrogens is 1. The second-order valence-electron chi connectivity index (χ2n) is 6.41. The van der Waals surface area contributed by atoms with Crippen LogP contribution in [0.25, 0.3) is 10.9 Å². The standard InChI is InChI=1S/C17H19F3N2O/c1-10-3-5-22(6-4-10)15-9-14-12(7-11(2)16(23)21-14)8-13(15)17(18,19)20/h7-10H,3-6H2,1-2H3,(H,21,23). The molecule has 0 aliphatic carbocycles. The molecule has 2 aromatic rings. The van der Waals surface area contributed by atoms with E-state index in [9.17, 15) is 18.0 Å². The quantitative estimate of drug-likeness (QED) is 0.857. The van der Waals surface area contributed by atoms with Crippen molar-refractivity contribution in [1.82, 2.24) is 4.98 Å². The lowest BCUT2D eigenvalue weighted by atomic mass is 9.97. The maximum Gasteiger partial charge on any atom is 0.418 e. The van der Waals surface area contributed by atoms with Gasteiger partial charge in [-0.3, -0.25) is 4.79 Å². The van der Waals surface area contributed by atoms with Crippen molar-refractivity contribution in [2.24, 2.45) is 5.92 Å². The van der Waals surface area contributed by atoms with E-state index in [-0.39, 0.29) is 11.2 Å². The normalized spacial score (nSPS) is 17.0. The molecule has 1 aromatic heterocycles. The van der Waals surface area contributed by atoms with Crippen LogP contribution in [-0.2, 0) is 6.18 Å². The van der Waals surface area contributed by atoms with E-state index >= 15 is 0 Å². The lowest BCUT2D eigenvalue weighted by molar-refractivity contribution is -0.137. The summed E-state index contributed by atoms with van der Waals surface area (Å²) in [6.45, 7) is 4.91. The van der Waals surface area contributed by atoms with Crippen molar-refractivity contribution in [3.63, 3.8) is 0 Å². The Labute approximate surface area is 132 Å². The molecule has 1 aliphatic heterocycles. The van der Waals surface area contributed by atoms with Crippen LogP contribution < -0.4 is 10.5 Å². The second-order valence-corrected chi connectivity index (χ2v) is 6.41. The Morgan fingerprint density at radius 2 is 1.83 bits per heavy atom. The van der Waals surface area contributed by atoms with E-state index in [0.29, 0.717) is 35.5 Å². The zero-order valence-corrected chi connectivity index (χ0v) is 13.1. The van der Waals surface area contributed by atoms with Crippen molar-refractivity contribution < 1.29 is 13.2 Å². The van der Waals surface area contributed by atoms with Crippen molar-refractivity contribution in [1.29, 1.82) is 0 Å². The summed E-state index contributed by atoms with van der Waals surface area (Å²) in [5, 5.41) is 0.406. The second kappa shape index (κ2) is 5.58. The van der Waals surface area contributed by atoms with Gasteiger partial charge in [-0.2, -0.15) is 13.2 Å². The zero-order chi connectivity index (χ0) is 16.8. The van der Waals surface area contributed by atoms with Crippen LogP contribution in [0.15, 0.2) is 23.0 Å². The minimum atomic E-state index is -4.42. The van der Waals surface area contributed by atoms with Crippen LogP contribution in [0.4, 0.5) is 18.9 Å². The lowest BCUT2D eigenvalue weighted by Crippen LogP contribution is -2.34. The molecule has 0 unspecified atom stereocenters. The number of fused-ring (bicyclic) bond motifs is 1. The lowest BCUT2D eigenvalue weighted by Gasteiger charge is -2.34. The molecule has 23 heavy (non-hydrogen) atoms. The number of nitrogens with one attached hydrogen (secondary N) is 1. The van der Waals surface area contributed by atoms with Crippen molar-refractivity contribution >= 4 is 16.6 Å². The number of H-pyrrole nitrogens is 1. The van der Waals surface area contributed by atoms with E-state index in [1.54, 1.807) is 11.8 Å². The number of aryl methyl sites for hydroxylation is 1. The fourth-order valence-corrected chi connectivity index (χ4v) is 3.09. The predicted octanol–water partition coefficient (Wildman–Crippen LogP) is 4.09. The summed E-state index contributed by atoms with van der Waals surface area (Å²) in [6.07, 6.45) is -2.67. The van der Waals surface area contributed by atoms with Gasteiger partial charge in [0.1, 0.15) is 0 Å². The largest absolute Gasteiger partial charge is 0.418 e. The molecule has 0 amide bonds. The molecule has 3 nitrogen and oxygen atoms in total. The molecule has 3 rings (SSSR count). The third-order valence-electron chi connectivity index (χ3n) is 4.58. The third-order valence-corrected chi connectivity index (χ3v) is 4.58. The molecule has 0 bridgehead atoms. The van der Waals surface area contributed by atoms with E-state index in [0.717, 1.165) is 18.9 Å². The molecule has 124 valence electrons. The summed E-state index contributed by atoms with van der Waals surface area (Å²) in [6, 6.07) is 4.12. The fraction of sp³-hybridized carbons (Fsp3) is 0.471. The fourth-order valence-electron chi connectivity index (χ4n) is 3.09. The number of hydrogen-bond acceptors (Lipinski definition) is 2. The van der Waals surface area contributed by atoms with Gasteiger partial charge in [-0.05, 0) is 49.3 Å². The number of halogens is 3. The Morgan fingerprint density at radius 3 is 2.43 bits per heavy atom. The first kappa shape index (κ1) is 15.9. The van der Waals surface area contributed by atoms with Crippen LogP contribution in [0.1, 0.15) is 30.9 Å². The number of anilines is 1. The molecule has 1 N–H and O–H groups in total. The molecule has 0 radical (unpaired) electrons. The predicted molar refractivity (Wildman–Crippen MR) is 84.9 cm³/mol. The molecule has 6 heteroatoms. The number of hydrogen-bond donors (Lipinski definition) is 1. The molecule has 1 aliphatic rings. The first-order chi connectivity index (χ1) is 10.8. The maximum atomic E-state index is 13.5. The van der Waals surface area contributed by atoms with Crippen LogP contribution >= 0.6 is 0 Å². The highest BCUT2D eigenvalue weighted by molar-refractivity contribution is 5.85. The number of pyridine rings is 1. The molecule has 1 fully saturated rings. The molecule has 0 atom stereocenters. The maximum absolute atomic E-state index is 13.5. The first-order valence-electron chi connectivity index (χ1n) is 7.75. The van der Waals surface area contributed by atoms with E-state index in [4.69, 9.17) is 0 Å². The highest BCUT2D eigenvalue weighted by atomic mass is 19.4. The molecule has 0 saturated carbocycles. The number of rotatable bonds is 1. The molecular weight excluding hydrogens is 305 g/mol. The monoisotopic (exact) mass is 324 g/mol. The van der Waals surface area contributed by atoms with Crippen molar-refractivity contribution in [2.45, 2.75) is 32.9 Å². The van der Waals surface area contributed by atoms with Gasteiger partial charge in [-0.25, -0.2) is 0 Å². The zero-order valence-electron chi connectivity index (χ0n) is 13.1. The summed E-state index contributed by atoms with van der Waals surface area (Å²) >= 11 is 0. The molecule has 2 heterocycles. The Balaban J connectivity index is 2.17. The SMILES string of the molecule is Cc1cc2cc(C(F)(F)F)c(N3CCC(C)CC3)cc2[nH]c1=O.